The van der Waals surface area contributed by atoms with Crippen LogP contribution in [0.2, 0.25) is 0 Å². The van der Waals surface area contributed by atoms with Crippen LogP contribution < -0.4 is 26.6 Å². The Kier molecular flexibility index (Phi) is 18.4. The highest BCUT2D eigenvalue weighted by atomic mass is 19.1. The van der Waals surface area contributed by atoms with Gasteiger partial charge in [-0.1, -0.05) is 51.3 Å². The molecular weight excluding hydrogens is 1010 g/mol. The zero-order chi connectivity index (χ0) is 53.8. The molecule has 10 rings (SSSR count). The molecule has 4 heterocycles. The first-order valence-corrected chi connectivity index (χ1v) is 24.3. The van der Waals surface area contributed by atoms with Crippen molar-refractivity contribution in [3.05, 3.63) is 130 Å². The fourth-order valence-electron chi connectivity index (χ4n) is 10.6. The van der Waals surface area contributed by atoms with E-state index in [-0.39, 0.29) is 70.9 Å². The van der Waals surface area contributed by atoms with E-state index in [1.54, 1.807) is 60.7 Å². The number of likely N-dealkylation sites (tertiary alicyclic amines) is 1. The number of aliphatic hydroxyl groups excluding tert-OH is 2. The van der Waals surface area contributed by atoms with E-state index in [9.17, 15) is 52.2 Å². The molecule has 4 aromatic carbocycles. The lowest BCUT2D eigenvalue weighted by Gasteiger charge is -2.31. The molecule has 0 radical (unpaired) electrons. The Hall–Kier alpha value is -8.02. The van der Waals surface area contributed by atoms with E-state index in [2.05, 4.69) is 26.6 Å². The minimum Gasteiger partial charge on any atom is -0.480 e. The van der Waals surface area contributed by atoms with Crippen LogP contribution in [-0.4, -0.2) is 130 Å². The van der Waals surface area contributed by atoms with Crippen LogP contribution in [0, 0.1) is 11.6 Å². The third kappa shape index (κ3) is 11.9. The summed E-state index contributed by atoms with van der Waals surface area (Å²) in [6, 6.07) is 21.1. The molecule has 9 amide bonds. The number of aliphatic carboxylic acids is 1. The Balaban J connectivity index is 0.000000205. The van der Waals surface area contributed by atoms with Crippen molar-refractivity contribution in [2.45, 2.75) is 102 Å². The number of carbonyl (C=O) groups excluding carboxylic acids is 7. The molecule has 2 aliphatic carbocycles. The summed E-state index contributed by atoms with van der Waals surface area (Å²) in [5, 5.41) is 41.2. The van der Waals surface area contributed by atoms with E-state index in [1.807, 2.05) is 0 Å². The molecule has 6 atom stereocenters. The number of halogens is 2. The summed E-state index contributed by atoms with van der Waals surface area (Å²) in [5.41, 5.74) is 2.49. The number of hydrogen-bond donors (Lipinski definition) is 8. The molecule has 4 fully saturated rings. The molecule has 0 saturated carbocycles. The maximum atomic E-state index is 13.5. The highest BCUT2D eigenvalue weighted by Crippen LogP contribution is 2.48. The van der Waals surface area contributed by atoms with Crippen molar-refractivity contribution in [1.29, 1.82) is 0 Å². The monoisotopic (exact) mass is 1070 g/mol. The molecule has 8 N–H and O–H groups in total. The first-order valence-electron chi connectivity index (χ1n) is 24.3. The summed E-state index contributed by atoms with van der Waals surface area (Å²) in [7, 11) is 2.99. The average Bonchev–Trinajstić information content (AvgIpc) is 4.28. The van der Waals surface area contributed by atoms with Gasteiger partial charge in [0.2, 0.25) is 17.1 Å². The van der Waals surface area contributed by atoms with E-state index in [1.165, 1.54) is 43.3 Å². The number of aliphatic hydroxyl groups is 2. The summed E-state index contributed by atoms with van der Waals surface area (Å²) < 4.78 is 37.0. The Morgan fingerprint density at radius 3 is 1.57 bits per heavy atom. The topological polar surface area (TPSA) is 286 Å². The lowest BCUT2D eigenvalue weighted by Crippen LogP contribution is -2.47. The maximum Gasteiger partial charge on any atom is 0.418 e. The second-order valence-electron chi connectivity index (χ2n) is 18.7. The largest absolute Gasteiger partial charge is 0.480 e. The number of benzene rings is 4. The fraction of sp³-hybridized carbons (Fsp3) is 0.407. The second kappa shape index (κ2) is 24.3. The number of rotatable bonds is 10. The molecule has 412 valence electrons. The van der Waals surface area contributed by atoms with E-state index >= 15 is 0 Å². The molecule has 6 aliphatic rings. The number of carbonyl (C=O) groups is 8. The van der Waals surface area contributed by atoms with E-state index in [4.69, 9.17) is 19.7 Å². The van der Waals surface area contributed by atoms with Crippen LogP contribution in [0.5, 0.6) is 0 Å². The number of carboxylic acid groups (broad SMARTS) is 1. The van der Waals surface area contributed by atoms with Crippen molar-refractivity contribution >= 4 is 59.3 Å². The number of aryl methyl sites for hydroxylation is 2. The van der Waals surface area contributed by atoms with Crippen LogP contribution in [0.3, 0.4) is 0 Å². The molecule has 21 nitrogen and oxygen atoms in total. The molecule has 4 aliphatic heterocycles. The van der Waals surface area contributed by atoms with Gasteiger partial charge in [0, 0.05) is 61.5 Å². The van der Waals surface area contributed by atoms with Gasteiger partial charge in [-0.25, -0.2) is 37.8 Å². The lowest BCUT2D eigenvalue weighted by molar-refractivity contribution is -0.144. The number of hydrogen-bond acceptors (Lipinski definition) is 13. The normalized spacial score (nSPS) is 23.3. The van der Waals surface area contributed by atoms with E-state index < -0.39 is 78.1 Å². The number of nitrogens with zero attached hydrogens (tertiary/aromatic N) is 3. The number of fused-ring (bicyclic) bond motifs is 4. The zero-order valence-corrected chi connectivity index (χ0v) is 40.9. The highest BCUT2D eigenvalue weighted by Gasteiger charge is 2.60. The van der Waals surface area contributed by atoms with Gasteiger partial charge >= 0.3 is 30.2 Å². The number of amides is 9. The summed E-state index contributed by atoms with van der Waals surface area (Å²) in [5.74, 6) is -3.68. The lowest BCUT2D eigenvalue weighted by atomic mass is 9.94. The van der Waals surface area contributed by atoms with Crippen LogP contribution in [0.15, 0.2) is 84.9 Å². The maximum absolute atomic E-state index is 13.5. The van der Waals surface area contributed by atoms with Gasteiger partial charge in [-0.2, -0.15) is 0 Å². The Morgan fingerprint density at radius 2 is 1.13 bits per heavy atom. The van der Waals surface area contributed by atoms with Crippen molar-refractivity contribution < 1.29 is 71.9 Å². The van der Waals surface area contributed by atoms with Crippen LogP contribution in [-0.2, 0) is 52.7 Å². The SMILES string of the molecule is C.C.CNC(=O)Nc1ccc2c(c1)CCC21OC(=O)N(CC(=O)N2[C@@H](CO)CC[C@H]2c2ccc(F)cc2)C1=O.CNC(=O)Nc1ccc2c(c1)CC[C@@]21OC(=O)N(CC(=O)O)C1=O.OC[C@H]1CC[C@@H](c2ccc(F)cc2)N1. The number of anilines is 2. The van der Waals surface area contributed by atoms with Crippen molar-refractivity contribution in [2.75, 3.05) is 51.0 Å². The van der Waals surface area contributed by atoms with Gasteiger partial charge in [-0.05, 0) is 109 Å². The molecule has 1 unspecified atom stereocenters. The smallest absolute Gasteiger partial charge is 0.418 e. The Labute approximate surface area is 443 Å². The third-order valence-electron chi connectivity index (χ3n) is 14.3. The van der Waals surface area contributed by atoms with Crippen molar-refractivity contribution in [3.63, 3.8) is 0 Å². The van der Waals surface area contributed by atoms with Gasteiger partial charge in [0.1, 0.15) is 24.7 Å². The highest BCUT2D eigenvalue weighted by molar-refractivity contribution is 6.07. The van der Waals surface area contributed by atoms with Gasteiger partial charge in [0.25, 0.3) is 11.8 Å². The summed E-state index contributed by atoms with van der Waals surface area (Å²) in [6.07, 6.45) is 2.62. The number of nitrogens with one attached hydrogen (secondary N) is 5. The van der Waals surface area contributed by atoms with Gasteiger partial charge in [-0.15, -0.1) is 0 Å². The second-order valence-corrected chi connectivity index (χ2v) is 18.7. The number of imide groups is 2. The van der Waals surface area contributed by atoms with Crippen LogP contribution in [0.4, 0.5) is 39.3 Å². The molecule has 0 bridgehead atoms. The van der Waals surface area contributed by atoms with Crippen LogP contribution in [0.1, 0.15) is 98.8 Å². The zero-order valence-electron chi connectivity index (χ0n) is 40.9. The quantitative estimate of drug-likeness (QED) is 0.0912. The fourth-order valence-corrected chi connectivity index (χ4v) is 10.6. The molecule has 2 spiro atoms. The first-order chi connectivity index (χ1) is 35.9. The van der Waals surface area contributed by atoms with Crippen LogP contribution in [0.25, 0.3) is 0 Å². The van der Waals surface area contributed by atoms with Gasteiger partial charge in [0.15, 0.2) is 0 Å². The average molecular weight is 1070 g/mol. The number of carboxylic acids is 1. The molecule has 4 saturated heterocycles. The predicted octanol–water partition coefficient (Wildman–Crippen LogP) is 5.95. The summed E-state index contributed by atoms with van der Waals surface area (Å²) in [6.45, 7) is -1.35. The molecule has 23 heteroatoms. The van der Waals surface area contributed by atoms with Crippen molar-refractivity contribution in [2.24, 2.45) is 0 Å². The van der Waals surface area contributed by atoms with E-state index in [0.29, 0.717) is 58.6 Å². The van der Waals surface area contributed by atoms with Crippen molar-refractivity contribution in [3.8, 4) is 0 Å². The Bertz CT molecular complexity index is 2890. The van der Waals surface area contributed by atoms with Crippen LogP contribution >= 0.6 is 0 Å². The molecule has 4 aromatic rings. The van der Waals surface area contributed by atoms with E-state index in [0.717, 1.165) is 34.4 Å². The van der Waals surface area contributed by atoms with Gasteiger partial charge in [-0.3, -0.25) is 19.2 Å². The predicted molar refractivity (Wildman–Crippen MR) is 275 cm³/mol. The molecule has 0 aromatic heterocycles. The number of ether oxygens (including phenoxy) is 2. The first kappa shape index (κ1) is 58.2. The third-order valence-corrected chi connectivity index (χ3v) is 14.3. The Morgan fingerprint density at radius 1 is 0.649 bits per heavy atom. The minimum absolute atomic E-state index is 0. The number of urea groups is 2. The van der Waals surface area contributed by atoms with Gasteiger partial charge < -0.3 is 56.3 Å². The minimum atomic E-state index is -1.52. The summed E-state index contributed by atoms with van der Waals surface area (Å²) in [4.78, 5) is 101. The summed E-state index contributed by atoms with van der Waals surface area (Å²) >= 11 is 0. The van der Waals surface area contributed by atoms with Gasteiger partial charge in [0.05, 0.1) is 25.3 Å². The van der Waals surface area contributed by atoms with Crippen molar-refractivity contribution in [1.82, 2.24) is 30.7 Å². The molecular formula is C54H64F2N8O13. The molecule has 77 heavy (non-hydrogen) atoms. The standard InChI is InChI=1S/C26H27FN4O6.C15H15N3O6.C11H14FNO.2CH4/c1-28-24(35)29-18-6-8-20-16(12-18)10-11-26(20)23(34)30(25(36)37-26)13-22(33)31-19(14-32)7-9-21(31)15-2-4-17(27)5-3-15;1-16-13(22)17-9-2-3-10-8(6-9)4-5-15(10)12(21)18(7-11(19)20)14(23)24-15;12-9-3-1-8(2-4-9)11-6-5-10(7-14)13-11;;/h2-6,8,12,19,21,32H,7,9-11,13-14H2,1H3,(H2,28,29,35);2-3,6H,4-5,7H2,1H3,(H,19,20)(H2,16,17,22);1-4,10-11,13-14H,5-7H2;2*1H4/t19-,21+,26?;15-;10-,11+;;/m111../s1.